The monoisotopic (exact) mass is 301 g/mol. The number of benzene rings is 1. The summed E-state index contributed by atoms with van der Waals surface area (Å²) in [6.07, 6.45) is -1.80. The molecule has 1 aliphatic rings. The fourth-order valence-corrected chi connectivity index (χ4v) is 2.01. The van der Waals surface area contributed by atoms with Gasteiger partial charge in [0.15, 0.2) is 0 Å². The Balaban J connectivity index is 2.17. The molecule has 2 rings (SSSR count). The lowest BCUT2D eigenvalue weighted by Crippen LogP contribution is -2.29. The maximum Gasteiger partial charge on any atom is 0.254 e. The number of amides is 1. The quantitative estimate of drug-likeness (QED) is 0.698. The Kier molecular flexibility index (Phi) is 3.37. The number of hydrogen-bond acceptors (Lipinski definition) is 4. The molecule has 0 radical (unpaired) electrons. The van der Waals surface area contributed by atoms with Crippen LogP contribution in [0.2, 0.25) is 0 Å². The number of halogens is 1. The number of aliphatic hydroxyl groups excluding tert-OH is 2. The Morgan fingerprint density at radius 2 is 1.88 bits per heavy atom. The third kappa shape index (κ3) is 2.43. The van der Waals surface area contributed by atoms with Crippen LogP contribution >= 0.6 is 15.9 Å². The zero-order valence-electron chi connectivity index (χ0n) is 8.88. The van der Waals surface area contributed by atoms with Crippen molar-refractivity contribution in [1.29, 1.82) is 0 Å². The minimum Gasteiger partial charge on any atom is -0.507 e. The molecule has 17 heavy (non-hydrogen) atoms. The molecule has 92 valence electrons. The van der Waals surface area contributed by atoms with Gasteiger partial charge in [-0.15, -0.1) is 0 Å². The first-order chi connectivity index (χ1) is 7.99. The van der Waals surface area contributed by atoms with Gasteiger partial charge in [0, 0.05) is 18.7 Å². The molecule has 1 aromatic rings. The highest BCUT2D eigenvalue weighted by atomic mass is 79.9. The number of likely N-dealkylation sites (tertiary alicyclic amines) is 1. The van der Waals surface area contributed by atoms with E-state index in [2.05, 4.69) is 15.9 Å². The van der Waals surface area contributed by atoms with Crippen molar-refractivity contribution in [3.05, 3.63) is 28.2 Å². The van der Waals surface area contributed by atoms with Crippen LogP contribution in [0.25, 0.3) is 0 Å². The van der Waals surface area contributed by atoms with E-state index in [-0.39, 0.29) is 24.7 Å². The van der Waals surface area contributed by atoms with E-state index in [9.17, 15) is 20.1 Å². The second kappa shape index (κ2) is 4.64. The molecule has 0 aliphatic carbocycles. The molecule has 1 saturated heterocycles. The van der Waals surface area contributed by atoms with Crippen molar-refractivity contribution < 1.29 is 20.1 Å². The van der Waals surface area contributed by atoms with Crippen LogP contribution in [0.4, 0.5) is 0 Å². The minimum atomic E-state index is -0.900. The molecule has 0 spiro atoms. The molecule has 2 atom stereocenters. The molecule has 0 aromatic heterocycles. The number of nitrogens with zero attached hydrogens (tertiary/aromatic N) is 1. The maximum absolute atomic E-state index is 12.0. The Hall–Kier alpha value is -1.11. The summed E-state index contributed by atoms with van der Waals surface area (Å²) >= 11 is 3.13. The van der Waals surface area contributed by atoms with Crippen LogP contribution < -0.4 is 0 Å². The molecule has 0 bridgehead atoms. The summed E-state index contributed by atoms with van der Waals surface area (Å²) in [5, 5.41) is 28.2. The van der Waals surface area contributed by atoms with Gasteiger partial charge in [-0.25, -0.2) is 0 Å². The van der Waals surface area contributed by atoms with Crippen LogP contribution in [0, 0.1) is 0 Å². The van der Waals surface area contributed by atoms with Crippen LogP contribution in [0.5, 0.6) is 5.75 Å². The summed E-state index contributed by atoms with van der Waals surface area (Å²) in [6.45, 7) is 0.216. The number of aromatic hydroxyl groups is 1. The summed E-state index contributed by atoms with van der Waals surface area (Å²) in [4.78, 5) is 13.3. The van der Waals surface area contributed by atoms with Gasteiger partial charge in [-0.2, -0.15) is 0 Å². The molecule has 1 aromatic carbocycles. The molecular formula is C11H12BrNO4. The number of rotatable bonds is 1. The van der Waals surface area contributed by atoms with E-state index in [4.69, 9.17) is 0 Å². The van der Waals surface area contributed by atoms with E-state index in [1.54, 1.807) is 12.1 Å². The summed E-state index contributed by atoms with van der Waals surface area (Å²) in [7, 11) is 0. The largest absolute Gasteiger partial charge is 0.507 e. The molecule has 1 aliphatic heterocycles. The van der Waals surface area contributed by atoms with Gasteiger partial charge in [-0.3, -0.25) is 4.79 Å². The van der Waals surface area contributed by atoms with E-state index in [0.717, 1.165) is 0 Å². The molecule has 0 unspecified atom stereocenters. The highest BCUT2D eigenvalue weighted by Crippen LogP contribution is 2.25. The summed E-state index contributed by atoms with van der Waals surface area (Å²) < 4.78 is 0.510. The Bertz CT molecular complexity index is 441. The topological polar surface area (TPSA) is 81.0 Å². The van der Waals surface area contributed by atoms with Crippen LogP contribution in [-0.4, -0.2) is 51.4 Å². The number of phenols is 1. The average Bonchev–Trinajstić information content (AvgIpc) is 2.62. The second-order valence-electron chi connectivity index (χ2n) is 4.01. The number of β-amino-alcohol motifs (C(OH)–C–C–N with tert-alkyl or cyclic N) is 2. The molecule has 6 heteroatoms. The van der Waals surface area contributed by atoms with Crippen LogP contribution in [0.3, 0.4) is 0 Å². The predicted molar refractivity (Wildman–Crippen MR) is 63.7 cm³/mol. The predicted octanol–water partition coefficient (Wildman–Crippen LogP) is 0.332. The summed E-state index contributed by atoms with van der Waals surface area (Å²) in [5.41, 5.74) is 0.326. The van der Waals surface area contributed by atoms with E-state index in [0.29, 0.717) is 10.0 Å². The number of aliphatic hydroxyl groups is 2. The lowest BCUT2D eigenvalue weighted by atomic mass is 10.2. The van der Waals surface area contributed by atoms with Crippen LogP contribution in [0.1, 0.15) is 10.4 Å². The fraction of sp³-hybridized carbons (Fsp3) is 0.364. The van der Waals surface area contributed by atoms with E-state index in [1.807, 2.05) is 0 Å². The summed E-state index contributed by atoms with van der Waals surface area (Å²) in [6, 6.07) is 4.50. The van der Waals surface area contributed by atoms with Crippen LogP contribution in [-0.2, 0) is 0 Å². The minimum absolute atomic E-state index is 0.0175. The normalized spacial score (nSPS) is 24.1. The van der Waals surface area contributed by atoms with Crippen molar-refractivity contribution in [2.24, 2.45) is 0 Å². The van der Waals surface area contributed by atoms with Crippen molar-refractivity contribution in [3.8, 4) is 5.75 Å². The molecule has 1 fully saturated rings. The van der Waals surface area contributed by atoms with E-state index < -0.39 is 12.2 Å². The van der Waals surface area contributed by atoms with Crippen molar-refractivity contribution in [1.82, 2.24) is 4.90 Å². The number of hydrogen-bond donors (Lipinski definition) is 3. The molecule has 3 N–H and O–H groups in total. The molecule has 5 nitrogen and oxygen atoms in total. The third-order valence-corrected chi connectivity index (χ3v) is 3.41. The van der Waals surface area contributed by atoms with Gasteiger partial charge in [0.05, 0.1) is 16.7 Å². The van der Waals surface area contributed by atoms with Crippen molar-refractivity contribution in [2.75, 3.05) is 13.1 Å². The Morgan fingerprint density at radius 3 is 2.41 bits per heavy atom. The summed E-state index contributed by atoms with van der Waals surface area (Å²) in [5.74, 6) is -0.334. The first-order valence-electron chi connectivity index (χ1n) is 5.13. The standard InChI is InChI=1S/C11H12BrNO4/c12-7-2-1-6(3-8(7)14)11(17)13-4-9(15)10(16)5-13/h1-3,9-10,14-16H,4-5H2/t9-,10+. The van der Waals surface area contributed by atoms with Crippen molar-refractivity contribution in [3.63, 3.8) is 0 Å². The molecular weight excluding hydrogens is 290 g/mol. The first-order valence-corrected chi connectivity index (χ1v) is 5.92. The highest BCUT2D eigenvalue weighted by Gasteiger charge is 2.33. The lowest BCUT2D eigenvalue weighted by molar-refractivity contribution is 0.0572. The second-order valence-corrected chi connectivity index (χ2v) is 4.87. The Labute approximate surface area is 106 Å². The van der Waals surface area contributed by atoms with Crippen molar-refractivity contribution in [2.45, 2.75) is 12.2 Å². The molecule has 1 heterocycles. The first kappa shape index (κ1) is 12.3. The van der Waals surface area contributed by atoms with Gasteiger partial charge in [0.2, 0.25) is 0 Å². The van der Waals surface area contributed by atoms with Gasteiger partial charge < -0.3 is 20.2 Å². The number of carbonyl (C=O) groups is 1. The zero-order chi connectivity index (χ0) is 12.6. The fourth-order valence-electron chi connectivity index (χ4n) is 1.76. The maximum atomic E-state index is 12.0. The molecule has 1 amide bonds. The van der Waals surface area contributed by atoms with Gasteiger partial charge >= 0.3 is 0 Å². The molecule has 0 saturated carbocycles. The van der Waals surface area contributed by atoms with Crippen molar-refractivity contribution >= 4 is 21.8 Å². The lowest BCUT2D eigenvalue weighted by Gasteiger charge is -2.15. The highest BCUT2D eigenvalue weighted by molar-refractivity contribution is 9.10. The number of carbonyl (C=O) groups excluding carboxylic acids is 1. The van der Waals surface area contributed by atoms with E-state index >= 15 is 0 Å². The van der Waals surface area contributed by atoms with Crippen LogP contribution in [0.15, 0.2) is 22.7 Å². The number of phenolic OH excluding ortho intramolecular Hbond substituents is 1. The SMILES string of the molecule is O=C(c1ccc(Br)c(O)c1)N1C[C@@H](O)[C@@H](O)C1. The third-order valence-electron chi connectivity index (χ3n) is 2.74. The smallest absolute Gasteiger partial charge is 0.254 e. The zero-order valence-corrected chi connectivity index (χ0v) is 10.5. The van der Waals surface area contributed by atoms with Gasteiger partial charge in [0.25, 0.3) is 5.91 Å². The average molecular weight is 302 g/mol. The van der Waals surface area contributed by atoms with Gasteiger partial charge in [-0.1, -0.05) is 0 Å². The van der Waals surface area contributed by atoms with E-state index in [1.165, 1.54) is 11.0 Å². The van der Waals surface area contributed by atoms with Gasteiger partial charge in [-0.05, 0) is 34.1 Å². The Morgan fingerprint density at radius 1 is 1.29 bits per heavy atom. The van der Waals surface area contributed by atoms with Gasteiger partial charge in [0.1, 0.15) is 5.75 Å².